The van der Waals surface area contributed by atoms with Crippen molar-refractivity contribution >= 4 is 23.9 Å². The molecule has 0 unspecified atom stereocenters. The van der Waals surface area contributed by atoms with Gasteiger partial charge in [0.15, 0.2) is 28.7 Å². The van der Waals surface area contributed by atoms with E-state index in [1.54, 1.807) is 49.4 Å². The van der Waals surface area contributed by atoms with Gasteiger partial charge in [0, 0.05) is 12.0 Å². The molecule has 0 aromatic heterocycles. The second-order valence-corrected chi connectivity index (χ2v) is 6.37. The first-order valence-electron chi connectivity index (χ1n) is 9.47. The third-order valence-corrected chi connectivity index (χ3v) is 4.32. The largest absolute Gasteiger partial charge is 0.490 e. The standard InChI is InChI=1S/C22H19NO7/c1-3-20(24)29-17-7-5-13(10-18(17)26-4-2)9-15-22(25)30-21(23-15)14-6-8-16-19(11-14)28-12-27-16/h5-11H,3-4,12H2,1-2H3/b15-9+. The van der Waals surface area contributed by atoms with Gasteiger partial charge in [0.05, 0.1) is 6.61 Å². The highest BCUT2D eigenvalue weighted by atomic mass is 16.7. The zero-order valence-electron chi connectivity index (χ0n) is 16.5. The Balaban J connectivity index is 1.61. The van der Waals surface area contributed by atoms with Crippen molar-refractivity contribution in [3.63, 3.8) is 0 Å². The van der Waals surface area contributed by atoms with Gasteiger partial charge in [-0.2, -0.15) is 0 Å². The lowest BCUT2D eigenvalue weighted by molar-refractivity contribution is -0.134. The van der Waals surface area contributed by atoms with Gasteiger partial charge in [-0.25, -0.2) is 9.79 Å². The summed E-state index contributed by atoms with van der Waals surface area (Å²) in [7, 11) is 0. The normalized spacial score (nSPS) is 15.7. The lowest BCUT2D eigenvalue weighted by Crippen LogP contribution is -2.07. The number of hydrogen-bond donors (Lipinski definition) is 0. The Hall–Kier alpha value is -3.81. The molecule has 2 aliphatic heterocycles. The van der Waals surface area contributed by atoms with Gasteiger partial charge < -0.3 is 23.7 Å². The van der Waals surface area contributed by atoms with Gasteiger partial charge in [-0.3, -0.25) is 4.79 Å². The molecule has 0 bridgehead atoms. The monoisotopic (exact) mass is 409 g/mol. The Kier molecular flexibility index (Phi) is 5.38. The summed E-state index contributed by atoms with van der Waals surface area (Å²) in [4.78, 5) is 28.2. The molecule has 0 aliphatic carbocycles. The van der Waals surface area contributed by atoms with Crippen molar-refractivity contribution in [2.24, 2.45) is 4.99 Å². The second kappa shape index (κ2) is 8.28. The molecule has 0 radical (unpaired) electrons. The Morgan fingerprint density at radius 2 is 1.93 bits per heavy atom. The highest BCUT2D eigenvalue weighted by Crippen LogP contribution is 2.34. The minimum absolute atomic E-state index is 0.142. The lowest BCUT2D eigenvalue weighted by Gasteiger charge is -2.10. The molecular weight excluding hydrogens is 390 g/mol. The molecule has 8 heteroatoms. The van der Waals surface area contributed by atoms with Crippen LogP contribution in [0.25, 0.3) is 6.08 Å². The lowest BCUT2D eigenvalue weighted by atomic mass is 10.1. The molecule has 0 spiro atoms. The van der Waals surface area contributed by atoms with E-state index in [-0.39, 0.29) is 30.8 Å². The van der Waals surface area contributed by atoms with Gasteiger partial charge in [0.2, 0.25) is 12.7 Å². The highest BCUT2D eigenvalue weighted by molar-refractivity contribution is 6.13. The van der Waals surface area contributed by atoms with E-state index in [0.29, 0.717) is 40.7 Å². The van der Waals surface area contributed by atoms with Crippen LogP contribution in [-0.2, 0) is 14.3 Å². The summed E-state index contributed by atoms with van der Waals surface area (Å²) in [6, 6.07) is 10.2. The average Bonchev–Trinajstić information content (AvgIpc) is 3.36. The van der Waals surface area contributed by atoms with Crippen molar-refractivity contribution in [2.45, 2.75) is 20.3 Å². The zero-order valence-corrected chi connectivity index (χ0v) is 16.5. The molecule has 0 atom stereocenters. The van der Waals surface area contributed by atoms with Crippen LogP contribution in [0.15, 0.2) is 47.1 Å². The van der Waals surface area contributed by atoms with Crippen LogP contribution < -0.4 is 18.9 Å². The number of nitrogens with zero attached hydrogens (tertiary/aromatic N) is 1. The quantitative estimate of drug-likeness (QED) is 0.410. The van der Waals surface area contributed by atoms with Crippen molar-refractivity contribution in [1.29, 1.82) is 0 Å². The Morgan fingerprint density at radius 1 is 1.10 bits per heavy atom. The number of benzene rings is 2. The van der Waals surface area contributed by atoms with Crippen LogP contribution in [0.5, 0.6) is 23.0 Å². The number of carbonyl (C=O) groups is 2. The molecule has 2 aliphatic rings. The van der Waals surface area contributed by atoms with Crippen molar-refractivity contribution in [3.05, 3.63) is 53.2 Å². The number of rotatable bonds is 6. The molecule has 154 valence electrons. The van der Waals surface area contributed by atoms with Crippen LogP contribution in [0.4, 0.5) is 0 Å². The number of carbonyl (C=O) groups excluding carboxylic acids is 2. The molecule has 0 fully saturated rings. The predicted octanol–water partition coefficient (Wildman–Crippen LogP) is 3.47. The van der Waals surface area contributed by atoms with E-state index >= 15 is 0 Å². The van der Waals surface area contributed by atoms with Crippen LogP contribution in [0.1, 0.15) is 31.4 Å². The van der Waals surface area contributed by atoms with Gasteiger partial charge in [0.1, 0.15) is 0 Å². The molecule has 0 saturated heterocycles. The van der Waals surface area contributed by atoms with E-state index in [4.69, 9.17) is 23.7 Å². The molecule has 2 aromatic carbocycles. The summed E-state index contributed by atoms with van der Waals surface area (Å²) < 4.78 is 26.8. The summed E-state index contributed by atoms with van der Waals surface area (Å²) in [5.41, 5.74) is 1.40. The first-order valence-corrected chi connectivity index (χ1v) is 9.47. The van der Waals surface area contributed by atoms with Crippen molar-refractivity contribution in [1.82, 2.24) is 0 Å². The molecule has 2 aromatic rings. The molecule has 0 N–H and O–H groups in total. The summed E-state index contributed by atoms with van der Waals surface area (Å²) in [6.07, 6.45) is 1.83. The highest BCUT2D eigenvalue weighted by Gasteiger charge is 2.26. The molecule has 0 amide bonds. The van der Waals surface area contributed by atoms with Crippen LogP contribution in [0.3, 0.4) is 0 Å². The van der Waals surface area contributed by atoms with Crippen molar-refractivity contribution in [3.8, 4) is 23.0 Å². The first kappa shape index (κ1) is 19.5. The Bertz CT molecular complexity index is 1070. The van der Waals surface area contributed by atoms with Gasteiger partial charge >= 0.3 is 11.9 Å². The van der Waals surface area contributed by atoms with E-state index in [1.165, 1.54) is 0 Å². The van der Waals surface area contributed by atoms with Gasteiger partial charge in [-0.1, -0.05) is 13.0 Å². The topological polar surface area (TPSA) is 92.7 Å². The maximum absolute atomic E-state index is 12.3. The van der Waals surface area contributed by atoms with E-state index in [0.717, 1.165) is 0 Å². The molecule has 8 nitrogen and oxygen atoms in total. The molecule has 4 rings (SSSR count). The van der Waals surface area contributed by atoms with Gasteiger partial charge in [-0.15, -0.1) is 0 Å². The fourth-order valence-corrected chi connectivity index (χ4v) is 2.88. The van der Waals surface area contributed by atoms with Crippen LogP contribution in [0, 0.1) is 0 Å². The van der Waals surface area contributed by atoms with Crippen molar-refractivity contribution < 1.29 is 33.3 Å². The van der Waals surface area contributed by atoms with E-state index in [9.17, 15) is 9.59 Å². The van der Waals surface area contributed by atoms with E-state index in [1.807, 2.05) is 6.92 Å². The number of esters is 2. The third-order valence-electron chi connectivity index (χ3n) is 4.32. The van der Waals surface area contributed by atoms with Crippen LogP contribution >= 0.6 is 0 Å². The number of cyclic esters (lactones) is 1. The summed E-state index contributed by atoms with van der Waals surface area (Å²) >= 11 is 0. The van der Waals surface area contributed by atoms with Crippen molar-refractivity contribution in [2.75, 3.05) is 13.4 Å². The summed E-state index contributed by atoms with van der Waals surface area (Å²) in [5.74, 6) is 1.18. The van der Waals surface area contributed by atoms with Gasteiger partial charge in [0.25, 0.3) is 0 Å². The molecule has 2 heterocycles. The minimum atomic E-state index is -0.567. The maximum Gasteiger partial charge on any atom is 0.363 e. The van der Waals surface area contributed by atoms with Gasteiger partial charge in [-0.05, 0) is 48.9 Å². The van der Waals surface area contributed by atoms with E-state index < -0.39 is 5.97 Å². The minimum Gasteiger partial charge on any atom is -0.490 e. The molecule has 0 saturated carbocycles. The summed E-state index contributed by atoms with van der Waals surface area (Å²) in [5, 5.41) is 0. The Labute approximate surface area is 172 Å². The number of hydrogen-bond acceptors (Lipinski definition) is 8. The van der Waals surface area contributed by atoms with Crippen LogP contribution in [-0.4, -0.2) is 31.2 Å². The zero-order chi connectivity index (χ0) is 21.1. The Morgan fingerprint density at radius 3 is 2.73 bits per heavy atom. The number of aliphatic imine (C=N–C) groups is 1. The fraction of sp³-hybridized carbons (Fsp3) is 0.227. The summed E-state index contributed by atoms with van der Waals surface area (Å²) in [6.45, 7) is 4.09. The molecular formula is C22H19NO7. The van der Waals surface area contributed by atoms with E-state index in [2.05, 4.69) is 4.99 Å². The number of fused-ring (bicyclic) bond motifs is 1. The maximum atomic E-state index is 12.3. The first-order chi connectivity index (χ1) is 14.6. The second-order valence-electron chi connectivity index (χ2n) is 6.37. The predicted molar refractivity (Wildman–Crippen MR) is 107 cm³/mol. The fourth-order valence-electron chi connectivity index (χ4n) is 2.88. The average molecular weight is 409 g/mol. The molecule has 30 heavy (non-hydrogen) atoms. The smallest absolute Gasteiger partial charge is 0.363 e. The SMILES string of the molecule is CCOc1cc(/C=C2/N=C(c3ccc4c(c3)OCO4)OC2=O)ccc1OC(=O)CC. The third kappa shape index (κ3) is 3.98. The van der Waals surface area contributed by atoms with Crippen LogP contribution in [0.2, 0.25) is 0 Å². The number of ether oxygens (including phenoxy) is 5.